The number of nitrogens with one attached hydrogen (secondary N) is 1. The van der Waals surface area contributed by atoms with Crippen LogP contribution in [0.15, 0.2) is 0 Å². The molecule has 0 fully saturated rings. The van der Waals surface area contributed by atoms with Crippen molar-refractivity contribution in [3.05, 3.63) is 0 Å². The number of aliphatic carboxylic acids is 2. The van der Waals surface area contributed by atoms with Gasteiger partial charge >= 0.3 is 11.9 Å². The molecular formula is C13H24N2O5. The minimum atomic E-state index is -1.22. The third-order valence-electron chi connectivity index (χ3n) is 3.13. The zero-order chi connectivity index (χ0) is 15.8. The average molecular weight is 288 g/mol. The van der Waals surface area contributed by atoms with Crippen molar-refractivity contribution in [2.24, 2.45) is 11.1 Å². The van der Waals surface area contributed by atoms with E-state index < -0.39 is 18.0 Å². The molecule has 0 spiro atoms. The number of nitrogens with two attached hydrogens (primary N) is 1. The zero-order valence-electron chi connectivity index (χ0n) is 12.0. The van der Waals surface area contributed by atoms with E-state index in [9.17, 15) is 14.4 Å². The van der Waals surface area contributed by atoms with E-state index in [0.717, 1.165) is 6.42 Å². The van der Waals surface area contributed by atoms with Crippen LogP contribution in [0.2, 0.25) is 0 Å². The normalized spacial score (nSPS) is 12.8. The molecule has 0 unspecified atom stereocenters. The average Bonchev–Trinajstić information content (AvgIpc) is 2.31. The van der Waals surface area contributed by atoms with Crippen LogP contribution in [-0.4, -0.2) is 40.6 Å². The van der Waals surface area contributed by atoms with Gasteiger partial charge in [0.2, 0.25) is 5.91 Å². The Morgan fingerprint density at radius 2 is 1.75 bits per heavy atom. The van der Waals surface area contributed by atoms with Crippen LogP contribution < -0.4 is 11.1 Å². The van der Waals surface area contributed by atoms with Crippen LogP contribution in [0.1, 0.15) is 46.0 Å². The van der Waals surface area contributed by atoms with Crippen molar-refractivity contribution in [3.63, 3.8) is 0 Å². The smallest absolute Gasteiger partial charge is 0.326 e. The van der Waals surface area contributed by atoms with Gasteiger partial charge in [-0.3, -0.25) is 9.59 Å². The minimum Gasteiger partial charge on any atom is -0.481 e. The summed E-state index contributed by atoms with van der Waals surface area (Å²) < 4.78 is 0. The first-order valence-electron chi connectivity index (χ1n) is 6.62. The quantitative estimate of drug-likeness (QED) is 0.465. The third kappa shape index (κ3) is 8.47. The van der Waals surface area contributed by atoms with Crippen molar-refractivity contribution in [2.75, 3.05) is 6.54 Å². The van der Waals surface area contributed by atoms with Crippen molar-refractivity contribution in [2.45, 2.75) is 52.0 Å². The Morgan fingerprint density at radius 3 is 2.20 bits per heavy atom. The van der Waals surface area contributed by atoms with Crippen LogP contribution >= 0.6 is 0 Å². The highest BCUT2D eigenvalue weighted by atomic mass is 16.4. The van der Waals surface area contributed by atoms with Crippen LogP contribution in [-0.2, 0) is 14.4 Å². The summed E-state index contributed by atoms with van der Waals surface area (Å²) in [7, 11) is 0. The standard InChI is InChI=1S/C13H24N2O5/c1-13(2,7-8-14)6-5-10(16)15-9(12(19)20)3-4-11(17)18/h9H,3-8,14H2,1-2H3,(H,15,16)(H,17,18)(H,19,20)/t9-/m0/s1. The van der Waals surface area contributed by atoms with E-state index >= 15 is 0 Å². The maximum atomic E-state index is 11.7. The Balaban J connectivity index is 4.26. The first-order chi connectivity index (χ1) is 9.18. The van der Waals surface area contributed by atoms with E-state index in [1.807, 2.05) is 13.8 Å². The summed E-state index contributed by atoms with van der Waals surface area (Å²) >= 11 is 0. The highest BCUT2D eigenvalue weighted by Gasteiger charge is 2.23. The molecule has 7 nitrogen and oxygen atoms in total. The van der Waals surface area contributed by atoms with E-state index in [1.54, 1.807) is 0 Å². The molecule has 20 heavy (non-hydrogen) atoms. The second kappa shape index (κ2) is 8.52. The zero-order valence-corrected chi connectivity index (χ0v) is 12.0. The second-order valence-electron chi connectivity index (χ2n) is 5.59. The molecule has 0 aliphatic heterocycles. The van der Waals surface area contributed by atoms with Gasteiger partial charge in [0.1, 0.15) is 6.04 Å². The topological polar surface area (TPSA) is 130 Å². The van der Waals surface area contributed by atoms with Crippen molar-refractivity contribution in [3.8, 4) is 0 Å². The number of carboxylic acid groups (broad SMARTS) is 2. The predicted molar refractivity (Wildman–Crippen MR) is 73.1 cm³/mol. The lowest BCUT2D eigenvalue weighted by Gasteiger charge is -2.23. The maximum Gasteiger partial charge on any atom is 0.326 e. The molecule has 5 N–H and O–H groups in total. The van der Waals surface area contributed by atoms with Gasteiger partial charge < -0.3 is 21.3 Å². The second-order valence-corrected chi connectivity index (χ2v) is 5.59. The summed E-state index contributed by atoms with van der Waals surface area (Å²) in [5.41, 5.74) is 5.40. The Bertz CT molecular complexity index is 355. The highest BCUT2D eigenvalue weighted by molar-refractivity contribution is 5.83. The molecule has 0 aliphatic carbocycles. The summed E-state index contributed by atoms with van der Waals surface area (Å²) in [6.45, 7) is 4.52. The molecule has 0 bridgehead atoms. The summed E-state index contributed by atoms with van der Waals surface area (Å²) in [5, 5.41) is 19.8. The summed E-state index contributed by atoms with van der Waals surface area (Å²) in [4.78, 5) is 33.1. The van der Waals surface area contributed by atoms with E-state index in [0.29, 0.717) is 13.0 Å². The summed E-state index contributed by atoms with van der Waals surface area (Å²) in [6, 6.07) is -1.16. The van der Waals surface area contributed by atoms with Gasteiger partial charge in [-0.15, -0.1) is 0 Å². The van der Waals surface area contributed by atoms with Crippen LogP contribution in [0.3, 0.4) is 0 Å². The van der Waals surface area contributed by atoms with Crippen LogP contribution in [0.25, 0.3) is 0 Å². The van der Waals surface area contributed by atoms with Gasteiger partial charge in [0.15, 0.2) is 0 Å². The van der Waals surface area contributed by atoms with Crippen LogP contribution in [0.4, 0.5) is 0 Å². The fraction of sp³-hybridized carbons (Fsp3) is 0.769. The number of hydrogen-bond donors (Lipinski definition) is 4. The monoisotopic (exact) mass is 288 g/mol. The molecule has 0 aromatic rings. The first-order valence-corrected chi connectivity index (χ1v) is 6.62. The SMILES string of the molecule is CC(C)(CCN)CCC(=O)N[C@@H](CCC(=O)O)C(=O)O. The molecule has 0 aromatic heterocycles. The van der Waals surface area contributed by atoms with Gasteiger partial charge in [-0.25, -0.2) is 4.79 Å². The minimum absolute atomic E-state index is 0.0775. The fourth-order valence-electron chi connectivity index (χ4n) is 1.76. The molecule has 0 heterocycles. The maximum absolute atomic E-state index is 11.7. The lowest BCUT2D eigenvalue weighted by molar-refractivity contribution is -0.143. The predicted octanol–water partition coefficient (Wildman–Crippen LogP) is 0.576. The Labute approximate surface area is 118 Å². The number of carboxylic acids is 2. The van der Waals surface area contributed by atoms with Gasteiger partial charge in [-0.05, 0) is 31.2 Å². The van der Waals surface area contributed by atoms with Gasteiger partial charge in [0, 0.05) is 12.8 Å². The molecule has 7 heteroatoms. The summed E-state index contributed by atoms with van der Waals surface area (Å²) in [6.07, 6.45) is 1.16. The lowest BCUT2D eigenvalue weighted by Crippen LogP contribution is -2.41. The van der Waals surface area contributed by atoms with E-state index in [1.165, 1.54) is 0 Å². The van der Waals surface area contributed by atoms with E-state index in [4.69, 9.17) is 15.9 Å². The highest BCUT2D eigenvalue weighted by Crippen LogP contribution is 2.25. The molecule has 0 saturated carbocycles. The number of carbonyl (C=O) groups is 3. The van der Waals surface area contributed by atoms with Gasteiger partial charge in [-0.2, -0.15) is 0 Å². The van der Waals surface area contributed by atoms with Gasteiger partial charge in [-0.1, -0.05) is 13.8 Å². The Morgan fingerprint density at radius 1 is 1.15 bits per heavy atom. The molecule has 0 aliphatic rings. The molecule has 0 radical (unpaired) electrons. The molecule has 116 valence electrons. The number of carbonyl (C=O) groups excluding carboxylic acids is 1. The number of rotatable bonds is 10. The van der Waals surface area contributed by atoms with E-state index in [-0.39, 0.29) is 30.6 Å². The Kier molecular flexibility index (Phi) is 7.83. The molecule has 0 rings (SSSR count). The van der Waals surface area contributed by atoms with Crippen molar-refractivity contribution >= 4 is 17.8 Å². The molecule has 1 atom stereocenters. The number of amides is 1. The van der Waals surface area contributed by atoms with Crippen molar-refractivity contribution < 1.29 is 24.6 Å². The van der Waals surface area contributed by atoms with Crippen LogP contribution in [0, 0.1) is 5.41 Å². The van der Waals surface area contributed by atoms with Crippen LogP contribution in [0.5, 0.6) is 0 Å². The molecular weight excluding hydrogens is 264 g/mol. The largest absolute Gasteiger partial charge is 0.481 e. The van der Waals surface area contributed by atoms with Crippen molar-refractivity contribution in [1.82, 2.24) is 5.32 Å². The molecule has 0 saturated heterocycles. The van der Waals surface area contributed by atoms with Gasteiger partial charge in [0.25, 0.3) is 0 Å². The van der Waals surface area contributed by atoms with Crippen molar-refractivity contribution in [1.29, 1.82) is 0 Å². The van der Waals surface area contributed by atoms with Gasteiger partial charge in [0.05, 0.1) is 0 Å². The molecule has 1 amide bonds. The van der Waals surface area contributed by atoms with E-state index in [2.05, 4.69) is 5.32 Å². The summed E-state index contributed by atoms with van der Waals surface area (Å²) in [5.74, 6) is -2.69. The fourth-order valence-corrected chi connectivity index (χ4v) is 1.76. The number of hydrogen-bond acceptors (Lipinski definition) is 4. The molecule has 0 aromatic carbocycles. The Hall–Kier alpha value is -1.63. The third-order valence-corrected chi connectivity index (χ3v) is 3.13. The lowest BCUT2D eigenvalue weighted by atomic mass is 9.84. The first kappa shape index (κ1) is 18.4.